The minimum absolute atomic E-state index is 0.0815. The predicted molar refractivity (Wildman–Crippen MR) is 77.0 cm³/mol. The van der Waals surface area contributed by atoms with Gasteiger partial charge in [0.15, 0.2) is 5.03 Å². The van der Waals surface area contributed by atoms with Crippen LogP contribution in [0, 0.1) is 0 Å². The number of aromatic amines is 1. The van der Waals surface area contributed by atoms with Gasteiger partial charge in [0.1, 0.15) is 0 Å². The van der Waals surface area contributed by atoms with E-state index in [4.69, 9.17) is 5.11 Å². The number of thiophene rings is 1. The van der Waals surface area contributed by atoms with E-state index in [0.29, 0.717) is 0 Å². The van der Waals surface area contributed by atoms with Crippen molar-refractivity contribution < 1.29 is 13.5 Å². The van der Waals surface area contributed by atoms with Gasteiger partial charge in [-0.1, -0.05) is 19.9 Å². The lowest BCUT2D eigenvalue weighted by atomic mass is 9.92. The second kappa shape index (κ2) is 5.65. The molecule has 0 atom stereocenters. The molecule has 2 aromatic rings. The summed E-state index contributed by atoms with van der Waals surface area (Å²) in [5.41, 5.74) is -0.0490. The first-order chi connectivity index (χ1) is 9.37. The topological polar surface area (TPSA) is 95.1 Å². The molecular weight excluding hydrogens is 298 g/mol. The molecule has 20 heavy (non-hydrogen) atoms. The number of sulfonamides is 1. The molecule has 0 bridgehead atoms. The highest BCUT2D eigenvalue weighted by molar-refractivity contribution is 7.89. The number of nitrogens with one attached hydrogen (secondary N) is 2. The van der Waals surface area contributed by atoms with Crippen molar-refractivity contribution in [1.82, 2.24) is 14.9 Å². The summed E-state index contributed by atoms with van der Waals surface area (Å²) in [6.45, 7) is 3.84. The molecule has 0 aromatic carbocycles. The second-order valence-corrected chi connectivity index (χ2v) is 7.72. The van der Waals surface area contributed by atoms with Gasteiger partial charge in [-0.25, -0.2) is 13.1 Å². The molecule has 0 aliphatic carbocycles. The Morgan fingerprint density at radius 1 is 1.50 bits per heavy atom. The number of rotatable bonds is 6. The zero-order valence-corrected chi connectivity index (χ0v) is 12.9. The molecule has 3 N–H and O–H groups in total. The molecule has 0 fully saturated rings. The van der Waals surface area contributed by atoms with Crippen molar-refractivity contribution in [2.75, 3.05) is 6.54 Å². The van der Waals surface area contributed by atoms with Gasteiger partial charge in [-0.3, -0.25) is 5.10 Å². The van der Waals surface area contributed by atoms with E-state index in [2.05, 4.69) is 14.9 Å². The molecule has 110 valence electrons. The number of nitrogens with zero attached hydrogens (tertiary/aromatic N) is 1. The summed E-state index contributed by atoms with van der Waals surface area (Å²) in [6.07, 6.45) is 1.30. The Kier molecular flexibility index (Phi) is 4.28. The molecular formula is C12H17N3O3S2. The molecule has 0 aliphatic heterocycles. The molecule has 0 amide bonds. The number of H-pyrrole nitrogens is 1. The molecule has 0 aliphatic rings. The summed E-state index contributed by atoms with van der Waals surface area (Å²) in [4.78, 5) is 1.10. The van der Waals surface area contributed by atoms with E-state index in [1.807, 2.05) is 31.4 Å². The third-order valence-corrected chi connectivity index (χ3v) is 5.66. The summed E-state index contributed by atoms with van der Waals surface area (Å²) < 4.78 is 27.0. The van der Waals surface area contributed by atoms with E-state index in [0.717, 1.165) is 4.88 Å². The van der Waals surface area contributed by atoms with Crippen molar-refractivity contribution in [3.63, 3.8) is 0 Å². The largest absolute Gasteiger partial charge is 0.392 e. The Bertz CT molecular complexity index is 660. The van der Waals surface area contributed by atoms with Crippen LogP contribution in [0.15, 0.2) is 28.7 Å². The van der Waals surface area contributed by atoms with E-state index in [9.17, 15) is 8.42 Å². The predicted octanol–water partition coefficient (Wildman–Crippen LogP) is 1.22. The van der Waals surface area contributed by atoms with Gasteiger partial charge in [0.2, 0.25) is 0 Å². The third kappa shape index (κ3) is 3.09. The first-order valence-electron chi connectivity index (χ1n) is 6.03. The van der Waals surface area contributed by atoms with Gasteiger partial charge in [-0.2, -0.15) is 5.10 Å². The molecule has 0 radical (unpaired) electrons. The Balaban J connectivity index is 2.14. The molecule has 0 saturated carbocycles. The average Bonchev–Trinajstić information content (AvgIpc) is 3.07. The van der Waals surface area contributed by atoms with Crippen LogP contribution in [0.3, 0.4) is 0 Å². The lowest BCUT2D eigenvalue weighted by Crippen LogP contribution is -2.36. The van der Waals surface area contributed by atoms with E-state index in [1.54, 1.807) is 11.3 Å². The van der Waals surface area contributed by atoms with Crippen LogP contribution < -0.4 is 4.72 Å². The zero-order valence-electron chi connectivity index (χ0n) is 11.3. The summed E-state index contributed by atoms with van der Waals surface area (Å²) in [5.74, 6) is 0. The second-order valence-electron chi connectivity index (χ2n) is 5.07. The zero-order chi connectivity index (χ0) is 14.8. The maximum absolute atomic E-state index is 12.2. The van der Waals surface area contributed by atoms with Gasteiger partial charge in [-0.15, -0.1) is 11.3 Å². The van der Waals surface area contributed by atoms with Crippen LogP contribution in [-0.2, 0) is 22.0 Å². The number of hydrogen-bond donors (Lipinski definition) is 3. The normalized spacial score (nSPS) is 12.8. The molecule has 2 rings (SSSR count). The fourth-order valence-corrected chi connectivity index (χ4v) is 3.93. The SMILES string of the molecule is CC(C)(CNS(=O)(=O)c1[nH]ncc1CO)c1cccs1. The summed E-state index contributed by atoms with van der Waals surface area (Å²) in [5, 5.41) is 17.0. The van der Waals surface area contributed by atoms with Gasteiger partial charge in [0, 0.05) is 22.4 Å². The quantitative estimate of drug-likeness (QED) is 0.747. The molecule has 0 unspecified atom stereocenters. The van der Waals surface area contributed by atoms with Crippen LogP contribution in [0.2, 0.25) is 0 Å². The van der Waals surface area contributed by atoms with Gasteiger partial charge in [0.05, 0.1) is 12.8 Å². The van der Waals surface area contributed by atoms with E-state index in [-0.39, 0.29) is 29.2 Å². The lowest BCUT2D eigenvalue weighted by Gasteiger charge is -2.23. The van der Waals surface area contributed by atoms with E-state index in [1.165, 1.54) is 6.20 Å². The molecule has 8 heteroatoms. The lowest BCUT2D eigenvalue weighted by molar-refractivity contribution is 0.278. The van der Waals surface area contributed by atoms with Crippen molar-refractivity contribution in [2.45, 2.75) is 30.9 Å². The van der Waals surface area contributed by atoms with Gasteiger partial charge in [-0.05, 0) is 11.4 Å². The first-order valence-corrected chi connectivity index (χ1v) is 8.40. The molecule has 0 saturated heterocycles. The minimum Gasteiger partial charge on any atom is -0.392 e. The van der Waals surface area contributed by atoms with Crippen LogP contribution in [-0.4, -0.2) is 30.3 Å². The highest BCUT2D eigenvalue weighted by Crippen LogP contribution is 2.27. The van der Waals surface area contributed by atoms with Crippen LogP contribution in [0.25, 0.3) is 0 Å². The smallest absolute Gasteiger partial charge is 0.257 e. The average molecular weight is 315 g/mol. The fraction of sp³-hybridized carbons (Fsp3) is 0.417. The van der Waals surface area contributed by atoms with Crippen molar-refractivity contribution in [3.8, 4) is 0 Å². The number of aliphatic hydroxyl groups is 1. The molecule has 0 spiro atoms. The summed E-state index contributed by atoms with van der Waals surface area (Å²) in [6, 6.07) is 3.92. The van der Waals surface area contributed by atoms with Crippen molar-refractivity contribution in [2.24, 2.45) is 0 Å². The van der Waals surface area contributed by atoms with Gasteiger partial charge in [0.25, 0.3) is 10.0 Å². The Morgan fingerprint density at radius 2 is 2.25 bits per heavy atom. The maximum atomic E-state index is 12.2. The molecule has 2 heterocycles. The monoisotopic (exact) mass is 315 g/mol. The van der Waals surface area contributed by atoms with Gasteiger partial charge < -0.3 is 5.11 Å². The summed E-state index contributed by atoms with van der Waals surface area (Å²) >= 11 is 1.59. The van der Waals surface area contributed by atoms with Crippen LogP contribution in [0.1, 0.15) is 24.3 Å². The fourth-order valence-electron chi connectivity index (χ4n) is 1.74. The van der Waals surface area contributed by atoms with E-state index >= 15 is 0 Å². The van der Waals surface area contributed by atoms with Crippen LogP contribution >= 0.6 is 11.3 Å². The molecule has 6 nitrogen and oxygen atoms in total. The Labute approximate surface area is 121 Å². The standard InChI is InChI=1S/C12H17N3O3S2/c1-12(2,10-4-3-5-19-10)8-14-20(17,18)11-9(7-16)6-13-15-11/h3-6,14,16H,7-8H2,1-2H3,(H,13,15). The minimum atomic E-state index is -3.71. The molecule has 2 aromatic heterocycles. The first kappa shape index (κ1) is 15.2. The third-order valence-electron chi connectivity index (χ3n) is 3.01. The Morgan fingerprint density at radius 3 is 2.85 bits per heavy atom. The van der Waals surface area contributed by atoms with Crippen LogP contribution in [0.5, 0.6) is 0 Å². The number of aliphatic hydroxyl groups excluding tert-OH is 1. The number of hydrogen-bond acceptors (Lipinski definition) is 5. The van der Waals surface area contributed by atoms with Crippen LogP contribution in [0.4, 0.5) is 0 Å². The Hall–Kier alpha value is -1.22. The van der Waals surface area contributed by atoms with Crippen molar-refractivity contribution >= 4 is 21.4 Å². The number of aromatic nitrogens is 2. The van der Waals surface area contributed by atoms with Crippen molar-refractivity contribution in [3.05, 3.63) is 34.2 Å². The highest BCUT2D eigenvalue weighted by Gasteiger charge is 2.27. The maximum Gasteiger partial charge on any atom is 0.257 e. The van der Waals surface area contributed by atoms with Crippen molar-refractivity contribution in [1.29, 1.82) is 0 Å². The van der Waals surface area contributed by atoms with Gasteiger partial charge >= 0.3 is 0 Å². The highest BCUT2D eigenvalue weighted by atomic mass is 32.2. The van der Waals surface area contributed by atoms with E-state index < -0.39 is 10.0 Å². The summed E-state index contributed by atoms with van der Waals surface area (Å²) in [7, 11) is -3.71.